The largest absolute Gasteiger partial charge is 0.311 e. The van der Waals surface area contributed by atoms with Crippen LogP contribution in [0.25, 0.3) is 0 Å². The molecular formula is C10H20N2. The van der Waals surface area contributed by atoms with E-state index in [1.54, 1.807) is 0 Å². The molecule has 1 fully saturated rings. The first-order valence-electron chi connectivity index (χ1n) is 4.71. The second-order valence-electron chi connectivity index (χ2n) is 4.04. The minimum Gasteiger partial charge on any atom is -0.311 e. The molecule has 1 N–H and O–H groups in total. The summed E-state index contributed by atoms with van der Waals surface area (Å²) in [6.07, 6.45) is 0. The van der Waals surface area contributed by atoms with Gasteiger partial charge in [-0.2, -0.15) is 0 Å². The summed E-state index contributed by atoms with van der Waals surface area (Å²) in [6, 6.07) is 1.28. The van der Waals surface area contributed by atoms with Crippen LogP contribution in [0.4, 0.5) is 0 Å². The Labute approximate surface area is 75.6 Å². The highest BCUT2D eigenvalue weighted by Gasteiger charge is 2.21. The van der Waals surface area contributed by atoms with Crippen LogP contribution in [0.1, 0.15) is 20.8 Å². The van der Waals surface area contributed by atoms with Gasteiger partial charge in [-0.15, -0.1) is 0 Å². The van der Waals surface area contributed by atoms with Gasteiger partial charge in [-0.3, -0.25) is 4.90 Å². The highest BCUT2D eigenvalue weighted by molar-refractivity contribution is 4.95. The summed E-state index contributed by atoms with van der Waals surface area (Å²) in [5.74, 6) is 0. The van der Waals surface area contributed by atoms with Crippen molar-refractivity contribution in [3.63, 3.8) is 0 Å². The summed E-state index contributed by atoms with van der Waals surface area (Å²) in [5.41, 5.74) is 1.26. The van der Waals surface area contributed by atoms with Crippen molar-refractivity contribution in [1.29, 1.82) is 0 Å². The molecule has 1 saturated heterocycles. The molecule has 2 atom stereocenters. The van der Waals surface area contributed by atoms with E-state index in [2.05, 4.69) is 37.6 Å². The maximum absolute atomic E-state index is 3.95. The average molecular weight is 168 g/mol. The molecule has 1 heterocycles. The summed E-state index contributed by atoms with van der Waals surface area (Å²) >= 11 is 0. The van der Waals surface area contributed by atoms with Crippen molar-refractivity contribution in [1.82, 2.24) is 10.2 Å². The molecule has 0 aromatic heterocycles. The fourth-order valence-corrected chi connectivity index (χ4v) is 1.66. The van der Waals surface area contributed by atoms with Gasteiger partial charge in [-0.25, -0.2) is 0 Å². The molecule has 0 aromatic rings. The lowest BCUT2D eigenvalue weighted by Gasteiger charge is -2.37. The Balaban J connectivity index is 2.43. The van der Waals surface area contributed by atoms with Crippen molar-refractivity contribution in [2.24, 2.45) is 0 Å². The predicted molar refractivity (Wildman–Crippen MR) is 53.3 cm³/mol. The van der Waals surface area contributed by atoms with E-state index in [9.17, 15) is 0 Å². The second kappa shape index (κ2) is 4.06. The molecule has 0 spiro atoms. The summed E-state index contributed by atoms with van der Waals surface area (Å²) in [5, 5.41) is 3.46. The van der Waals surface area contributed by atoms with Crippen LogP contribution in [0.3, 0.4) is 0 Å². The molecule has 0 aliphatic carbocycles. The van der Waals surface area contributed by atoms with Crippen LogP contribution in [0.15, 0.2) is 12.2 Å². The number of nitrogens with zero attached hydrogens (tertiary/aromatic N) is 1. The maximum atomic E-state index is 3.95. The Bertz CT molecular complexity index is 165. The molecular weight excluding hydrogens is 148 g/mol. The first kappa shape index (κ1) is 9.75. The van der Waals surface area contributed by atoms with Crippen molar-refractivity contribution in [2.75, 3.05) is 19.6 Å². The normalized spacial score (nSPS) is 31.9. The van der Waals surface area contributed by atoms with Gasteiger partial charge in [0.1, 0.15) is 0 Å². The molecule has 0 radical (unpaired) electrons. The smallest absolute Gasteiger partial charge is 0.0196 e. The highest BCUT2D eigenvalue weighted by Crippen LogP contribution is 2.07. The van der Waals surface area contributed by atoms with E-state index < -0.39 is 0 Å². The average Bonchev–Trinajstić information content (AvgIpc) is 1.96. The molecule has 12 heavy (non-hydrogen) atoms. The molecule has 1 aliphatic rings. The lowest BCUT2D eigenvalue weighted by atomic mass is 10.1. The number of piperazine rings is 1. The van der Waals surface area contributed by atoms with E-state index in [1.807, 2.05) is 0 Å². The SMILES string of the molecule is C=C(C)CN1CC(C)NCC1C. The van der Waals surface area contributed by atoms with E-state index in [4.69, 9.17) is 0 Å². The fourth-order valence-electron chi connectivity index (χ4n) is 1.66. The van der Waals surface area contributed by atoms with Crippen molar-refractivity contribution in [2.45, 2.75) is 32.9 Å². The Morgan fingerprint density at radius 3 is 2.83 bits per heavy atom. The molecule has 1 aliphatic heterocycles. The van der Waals surface area contributed by atoms with Gasteiger partial charge in [0.2, 0.25) is 0 Å². The topological polar surface area (TPSA) is 15.3 Å². The van der Waals surface area contributed by atoms with Gasteiger partial charge in [0.05, 0.1) is 0 Å². The lowest BCUT2D eigenvalue weighted by Crippen LogP contribution is -2.54. The van der Waals surface area contributed by atoms with Crippen molar-refractivity contribution in [3.05, 3.63) is 12.2 Å². The van der Waals surface area contributed by atoms with E-state index in [1.165, 1.54) is 5.57 Å². The van der Waals surface area contributed by atoms with Crippen LogP contribution in [0.5, 0.6) is 0 Å². The Morgan fingerprint density at radius 1 is 1.58 bits per heavy atom. The molecule has 70 valence electrons. The first-order valence-corrected chi connectivity index (χ1v) is 4.71. The Kier molecular flexibility index (Phi) is 3.29. The van der Waals surface area contributed by atoms with E-state index in [0.717, 1.165) is 19.6 Å². The fraction of sp³-hybridized carbons (Fsp3) is 0.800. The maximum Gasteiger partial charge on any atom is 0.0196 e. The second-order valence-corrected chi connectivity index (χ2v) is 4.04. The van der Waals surface area contributed by atoms with Gasteiger partial charge >= 0.3 is 0 Å². The van der Waals surface area contributed by atoms with Crippen LogP contribution in [-0.4, -0.2) is 36.6 Å². The summed E-state index contributed by atoms with van der Waals surface area (Å²) in [6.45, 7) is 13.8. The third kappa shape index (κ3) is 2.61. The summed E-state index contributed by atoms with van der Waals surface area (Å²) < 4.78 is 0. The van der Waals surface area contributed by atoms with Gasteiger partial charge in [0.25, 0.3) is 0 Å². The van der Waals surface area contributed by atoms with Crippen LogP contribution < -0.4 is 5.32 Å². The van der Waals surface area contributed by atoms with Crippen LogP contribution in [0.2, 0.25) is 0 Å². The molecule has 0 amide bonds. The van der Waals surface area contributed by atoms with E-state index in [0.29, 0.717) is 12.1 Å². The first-order chi connectivity index (χ1) is 5.59. The lowest BCUT2D eigenvalue weighted by molar-refractivity contribution is 0.159. The summed E-state index contributed by atoms with van der Waals surface area (Å²) in [4.78, 5) is 2.49. The predicted octanol–water partition coefficient (Wildman–Crippen LogP) is 1.24. The molecule has 1 rings (SSSR count). The van der Waals surface area contributed by atoms with Crippen LogP contribution in [-0.2, 0) is 0 Å². The molecule has 0 aromatic carbocycles. The molecule has 2 nitrogen and oxygen atoms in total. The Hall–Kier alpha value is -0.340. The standard InChI is InChI=1S/C10H20N2/c1-8(2)6-12-7-9(3)11-5-10(12)4/h9-11H,1,5-7H2,2-4H3. The number of rotatable bonds is 2. The van der Waals surface area contributed by atoms with E-state index >= 15 is 0 Å². The summed E-state index contributed by atoms with van der Waals surface area (Å²) in [7, 11) is 0. The molecule has 2 heteroatoms. The quantitative estimate of drug-likeness (QED) is 0.624. The van der Waals surface area contributed by atoms with Gasteiger partial charge < -0.3 is 5.32 Å². The number of hydrogen-bond donors (Lipinski definition) is 1. The van der Waals surface area contributed by atoms with Crippen LogP contribution in [0, 0.1) is 0 Å². The van der Waals surface area contributed by atoms with Gasteiger partial charge in [-0.1, -0.05) is 12.2 Å². The third-order valence-electron chi connectivity index (χ3n) is 2.37. The Morgan fingerprint density at radius 2 is 2.25 bits per heavy atom. The van der Waals surface area contributed by atoms with Crippen molar-refractivity contribution >= 4 is 0 Å². The zero-order valence-electron chi connectivity index (χ0n) is 8.43. The van der Waals surface area contributed by atoms with Crippen molar-refractivity contribution in [3.8, 4) is 0 Å². The molecule has 2 unspecified atom stereocenters. The van der Waals surface area contributed by atoms with Crippen LogP contribution >= 0.6 is 0 Å². The molecule has 0 bridgehead atoms. The monoisotopic (exact) mass is 168 g/mol. The van der Waals surface area contributed by atoms with Gasteiger partial charge in [0.15, 0.2) is 0 Å². The zero-order valence-corrected chi connectivity index (χ0v) is 8.43. The number of nitrogens with one attached hydrogen (secondary N) is 1. The van der Waals surface area contributed by atoms with Crippen molar-refractivity contribution < 1.29 is 0 Å². The zero-order chi connectivity index (χ0) is 9.14. The van der Waals surface area contributed by atoms with E-state index in [-0.39, 0.29) is 0 Å². The van der Waals surface area contributed by atoms with Gasteiger partial charge in [0, 0.05) is 31.7 Å². The minimum atomic E-state index is 0.626. The highest BCUT2D eigenvalue weighted by atomic mass is 15.2. The number of hydrogen-bond acceptors (Lipinski definition) is 2. The minimum absolute atomic E-state index is 0.626. The van der Waals surface area contributed by atoms with Gasteiger partial charge in [-0.05, 0) is 20.8 Å². The third-order valence-corrected chi connectivity index (χ3v) is 2.37. The molecule has 0 saturated carbocycles.